The molecule has 0 bridgehead atoms. The highest BCUT2D eigenvalue weighted by atomic mass is 16.3. The van der Waals surface area contributed by atoms with Crippen molar-refractivity contribution in [1.82, 2.24) is 0 Å². The number of aliphatic hydroxyl groups excluding tert-OH is 2. The highest BCUT2D eigenvalue weighted by Gasteiger charge is 1.98. The molecule has 82 valence electrons. The van der Waals surface area contributed by atoms with Crippen LogP contribution in [0.25, 0.3) is 0 Å². The Labute approximate surface area is 90.9 Å². The molecule has 1 rings (SSSR count). The lowest BCUT2D eigenvalue weighted by Gasteiger charge is -2.06. The molecule has 0 atom stereocenters. The Morgan fingerprint density at radius 2 is 1.80 bits per heavy atom. The Hall–Kier alpha value is -1.12. The van der Waals surface area contributed by atoms with Crippen molar-refractivity contribution in [3.8, 4) is 0 Å². The van der Waals surface area contributed by atoms with Gasteiger partial charge >= 0.3 is 0 Å². The van der Waals surface area contributed by atoms with Crippen LogP contribution in [0.4, 0.5) is 0 Å². The van der Waals surface area contributed by atoms with Crippen LogP contribution in [0.1, 0.15) is 18.4 Å². The lowest BCUT2D eigenvalue weighted by atomic mass is 10.0. The number of rotatable bonds is 6. The van der Waals surface area contributed by atoms with Crippen molar-refractivity contribution in [2.75, 3.05) is 13.2 Å². The smallest absolute Gasteiger partial charge is 0.0468 e. The molecular weight excluding hydrogens is 188 g/mol. The van der Waals surface area contributed by atoms with E-state index in [1.165, 1.54) is 11.1 Å². The third kappa shape index (κ3) is 4.77. The van der Waals surface area contributed by atoms with Gasteiger partial charge in [0.05, 0.1) is 0 Å². The van der Waals surface area contributed by atoms with Crippen LogP contribution in [0, 0.1) is 0 Å². The normalized spacial score (nSPS) is 11.7. The lowest BCUT2D eigenvalue weighted by molar-refractivity contribution is 0.294. The summed E-state index contributed by atoms with van der Waals surface area (Å²) >= 11 is 0. The Morgan fingerprint density at radius 3 is 2.40 bits per heavy atom. The fourth-order valence-corrected chi connectivity index (χ4v) is 1.53. The fraction of sp³-hybridized carbons (Fsp3) is 0.385. The highest BCUT2D eigenvalue weighted by Crippen LogP contribution is 2.11. The van der Waals surface area contributed by atoms with Gasteiger partial charge in [-0.05, 0) is 24.8 Å². The molecule has 0 aliphatic carbocycles. The maximum absolute atomic E-state index is 8.91. The molecule has 15 heavy (non-hydrogen) atoms. The topological polar surface area (TPSA) is 40.5 Å². The van der Waals surface area contributed by atoms with Crippen LogP contribution in [-0.4, -0.2) is 23.4 Å². The molecule has 2 N–H and O–H groups in total. The summed E-state index contributed by atoms with van der Waals surface area (Å²) in [4.78, 5) is 0. The molecule has 1 aromatic rings. The van der Waals surface area contributed by atoms with Gasteiger partial charge in [0.15, 0.2) is 0 Å². The van der Waals surface area contributed by atoms with Crippen molar-refractivity contribution in [2.24, 2.45) is 0 Å². The predicted octanol–water partition coefficient (Wildman–Crippen LogP) is 1.92. The minimum absolute atomic E-state index is 0.170. The SMILES string of the molecule is OCC/C=C(/CCO)Cc1ccccc1. The largest absolute Gasteiger partial charge is 0.396 e. The maximum atomic E-state index is 8.91. The van der Waals surface area contributed by atoms with Gasteiger partial charge in [-0.25, -0.2) is 0 Å². The fourth-order valence-electron chi connectivity index (χ4n) is 1.53. The summed E-state index contributed by atoms with van der Waals surface area (Å²) in [6.45, 7) is 0.341. The quantitative estimate of drug-likeness (QED) is 0.698. The average Bonchev–Trinajstić information content (AvgIpc) is 2.28. The first-order chi connectivity index (χ1) is 7.36. The minimum atomic E-state index is 0.170. The van der Waals surface area contributed by atoms with Crippen LogP contribution >= 0.6 is 0 Å². The summed E-state index contributed by atoms with van der Waals surface area (Å²) in [6, 6.07) is 10.2. The summed E-state index contributed by atoms with van der Waals surface area (Å²) in [5.74, 6) is 0. The van der Waals surface area contributed by atoms with Crippen molar-refractivity contribution >= 4 is 0 Å². The first kappa shape index (κ1) is 12.0. The molecule has 0 aliphatic heterocycles. The van der Waals surface area contributed by atoms with E-state index in [0.717, 1.165) is 6.42 Å². The molecule has 0 heterocycles. The van der Waals surface area contributed by atoms with E-state index in [-0.39, 0.29) is 13.2 Å². The number of aliphatic hydroxyl groups is 2. The summed E-state index contributed by atoms with van der Waals surface area (Å²) in [5, 5.41) is 17.7. The first-order valence-electron chi connectivity index (χ1n) is 5.30. The third-order valence-electron chi connectivity index (χ3n) is 2.27. The Bertz CT molecular complexity index is 291. The van der Waals surface area contributed by atoms with E-state index >= 15 is 0 Å². The zero-order valence-corrected chi connectivity index (χ0v) is 8.89. The molecule has 2 nitrogen and oxygen atoms in total. The van der Waals surface area contributed by atoms with Crippen LogP contribution in [0.3, 0.4) is 0 Å². The highest BCUT2D eigenvalue weighted by molar-refractivity contribution is 5.21. The van der Waals surface area contributed by atoms with Crippen molar-refractivity contribution in [3.05, 3.63) is 47.5 Å². The minimum Gasteiger partial charge on any atom is -0.396 e. The van der Waals surface area contributed by atoms with E-state index < -0.39 is 0 Å². The summed E-state index contributed by atoms with van der Waals surface area (Å²) in [6.07, 6.45) is 4.24. The van der Waals surface area contributed by atoms with E-state index in [9.17, 15) is 0 Å². The van der Waals surface area contributed by atoms with E-state index in [1.54, 1.807) is 0 Å². The van der Waals surface area contributed by atoms with Gasteiger partial charge in [0.1, 0.15) is 0 Å². The molecule has 0 radical (unpaired) electrons. The zero-order valence-electron chi connectivity index (χ0n) is 8.89. The van der Waals surface area contributed by atoms with Crippen LogP contribution in [0.5, 0.6) is 0 Å². The average molecular weight is 206 g/mol. The maximum Gasteiger partial charge on any atom is 0.0468 e. The van der Waals surface area contributed by atoms with E-state index in [0.29, 0.717) is 12.8 Å². The Kier molecular flexibility index (Phi) is 5.74. The molecular formula is C13H18O2. The molecule has 0 spiro atoms. The van der Waals surface area contributed by atoms with Gasteiger partial charge in [-0.15, -0.1) is 0 Å². The van der Waals surface area contributed by atoms with Crippen LogP contribution < -0.4 is 0 Å². The van der Waals surface area contributed by atoms with Crippen molar-refractivity contribution in [1.29, 1.82) is 0 Å². The van der Waals surface area contributed by atoms with Gasteiger partial charge in [-0.2, -0.15) is 0 Å². The molecule has 0 unspecified atom stereocenters. The number of benzene rings is 1. The standard InChI is InChI=1S/C13H18O2/c14-9-4-7-13(8-10-15)11-12-5-2-1-3-6-12/h1-3,5-7,14-15H,4,8-11H2/b13-7-. The van der Waals surface area contributed by atoms with E-state index in [1.807, 2.05) is 24.3 Å². The monoisotopic (exact) mass is 206 g/mol. The van der Waals surface area contributed by atoms with Crippen LogP contribution in [0.2, 0.25) is 0 Å². The van der Waals surface area contributed by atoms with Gasteiger partial charge in [0, 0.05) is 13.2 Å². The van der Waals surface area contributed by atoms with Crippen molar-refractivity contribution in [2.45, 2.75) is 19.3 Å². The van der Waals surface area contributed by atoms with Crippen molar-refractivity contribution < 1.29 is 10.2 Å². The molecule has 0 fully saturated rings. The van der Waals surface area contributed by atoms with Gasteiger partial charge < -0.3 is 10.2 Å². The summed E-state index contributed by atoms with van der Waals surface area (Å²) in [7, 11) is 0. The molecule has 2 heteroatoms. The Morgan fingerprint density at radius 1 is 1.07 bits per heavy atom. The second-order valence-corrected chi connectivity index (χ2v) is 3.51. The van der Waals surface area contributed by atoms with E-state index in [2.05, 4.69) is 12.1 Å². The summed E-state index contributed by atoms with van der Waals surface area (Å²) < 4.78 is 0. The van der Waals surface area contributed by atoms with Gasteiger partial charge in [0.2, 0.25) is 0 Å². The Balaban J connectivity index is 2.58. The van der Waals surface area contributed by atoms with Gasteiger partial charge in [-0.1, -0.05) is 42.0 Å². The number of hydrogen-bond acceptors (Lipinski definition) is 2. The molecule has 0 aromatic heterocycles. The molecule has 1 aromatic carbocycles. The molecule has 0 amide bonds. The molecule has 0 saturated carbocycles. The van der Waals surface area contributed by atoms with Crippen LogP contribution in [0.15, 0.2) is 42.0 Å². The first-order valence-corrected chi connectivity index (χ1v) is 5.30. The molecule has 0 saturated heterocycles. The summed E-state index contributed by atoms with van der Waals surface area (Å²) in [5.41, 5.74) is 2.44. The second kappa shape index (κ2) is 7.21. The van der Waals surface area contributed by atoms with E-state index in [4.69, 9.17) is 10.2 Å². The van der Waals surface area contributed by atoms with Gasteiger partial charge in [0.25, 0.3) is 0 Å². The lowest BCUT2D eigenvalue weighted by Crippen LogP contribution is -1.95. The zero-order chi connectivity index (χ0) is 10.9. The molecule has 0 aliphatic rings. The van der Waals surface area contributed by atoms with Crippen LogP contribution in [-0.2, 0) is 6.42 Å². The predicted molar refractivity (Wildman–Crippen MR) is 61.6 cm³/mol. The number of hydrogen-bond donors (Lipinski definition) is 2. The van der Waals surface area contributed by atoms with Gasteiger partial charge in [-0.3, -0.25) is 0 Å². The second-order valence-electron chi connectivity index (χ2n) is 3.51. The van der Waals surface area contributed by atoms with Crippen molar-refractivity contribution in [3.63, 3.8) is 0 Å². The third-order valence-corrected chi connectivity index (χ3v) is 2.27.